The van der Waals surface area contributed by atoms with Crippen LogP contribution in [0.15, 0.2) is 48.5 Å². The number of carbonyl (C=O) groups excluding carboxylic acids is 2. The normalized spacial score (nSPS) is 13.8. The maximum absolute atomic E-state index is 12.2. The smallest absolute Gasteiger partial charge is 0.258 e. The maximum Gasteiger partial charge on any atom is 0.258 e. The highest BCUT2D eigenvalue weighted by Gasteiger charge is 2.21. The lowest BCUT2D eigenvalue weighted by Crippen LogP contribution is -2.31. The van der Waals surface area contributed by atoms with Gasteiger partial charge in [-0.1, -0.05) is 18.2 Å². The Morgan fingerprint density at radius 2 is 2.07 bits per heavy atom. The molecule has 1 aliphatic heterocycles. The van der Waals surface area contributed by atoms with Crippen LogP contribution >= 0.6 is 0 Å². The van der Waals surface area contributed by atoms with Gasteiger partial charge in [0.1, 0.15) is 11.6 Å². The molecule has 4 rings (SSSR count). The van der Waals surface area contributed by atoms with Crippen molar-refractivity contribution in [2.45, 2.75) is 26.3 Å². The Labute approximate surface area is 169 Å². The van der Waals surface area contributed by atoms with Crippen molar-refractivity contribution < 1.29 is 14.3 Å². The summed E-state index contributed by atoms with van der Waals surface area (Å²) < 4.78 is 7.71. The van der Waals surface area contributed by atoms with E-state index in [9.17, 15) is 9.59 Å². The fourth-order valence-corrected chi connectivity index (χ4v) is 3.65. The molecule has 3 aromatic rings. The van der Waals surface area contributed by atoms with Gasteiger partial charge in [-0.15, -0.1) is 0 Å². The Balaban J connectivity index is 1.28. The van der Waals surface area contributed by atoms with Crippen molar-refractivity contribution in [3.63, 3.8) is 0 Å². The SMILES string of the molecule is Cc1nc2ccccc2n1CCNC(=O)COc1cccc(N2CCCC2=O)c1. The number of nitrogens with zero attached hydrogens (tertiary/aromatic N) is 3. The predicted molar refractivity (Wildman–Crippen MR) is 111 cm³/mol. The zero-order chi connectivity index (χ0) is 20.2. The third-order valence-electron chi connectivity index (χ3n) is 5.08. The summed E-state index contributed by atoms with van der Waals surface area (Å²) in [6.07, 6.45) is 1.46. The quantitative estimate of drug-likeness (QED) is 0.671. The second kappa shape index (κ2) is 8.34. The van der Waals surface area contributed by atoms with Crippen molar-refractivity contribution in [2.24, 2.45) is 0 Å². The van der Waals surface area contributed by atoms with Crippen LogP contribution in [0.1, 0.15) is 18.7 Å². The lowest BCUT2D eigenvalue weighted by Gasteiger charge is -2.16. The zero-order valence-corrected chi connectivity index (χ0v) is 16.4. The summed E-state index contributed by atoms with van der Waals surface area (Å²) in [4.78, 5) is 30.3. The van der Waals surface area contributed by atoms with E-state index in [0.717, 1.165) is 35.5 Å². The van der Waals surface area contributed by atoms with Gasteiger partial charge in [0.15, 0.2) is 6.61 Å². The van der Waals surface area contributed by atoms with Gasteiger partial charge in [0, 0.05) is 37.8 Å². The van der Waals surface area contributed by atoms with Gasteiger partial charge in [0.2, 0.25) is 5.91 Å². The fourth-order valence-electron chi connectivity index (χ4n) is 3.65. The van der Waals surface area contributed by atoms with Crippen LogP contribution in [0.25, 0.3) is 11.0 Å². The zero-order valence-electron chi connectivity index (χ0n) is 16.4. The molecule has 1 saturated heterocycles. The molecule has 2 amide bonds. The van der Waals surface area contributed by atoms with Gasteiger partial charge in [-0.2, -0.15) is 0 Å². The second-order valence-electron chi connectivity index (χ2n) is 7.08. The number of aryl methyl sites for hydroxylation is 1. The van der Waals surface area contributed by atoms with Crippen molar-refractivity contribution >= 4 is 28.5 Å². The molecule has 0 atom stereocenters. The van der Waals surface area contributed by atoms with E-state index in [1.165, 1.54) is 0 Å². The molecule has 2 aromatic carbocycles. The van der Waals surface area contributed by atoms with Crippen molar-refractivity contribution in [3.8, 4) is 5.75 Å². The first-order valence-electron chi connectivity index (χ1n) is 9.83. The van der Waals surface area contributed by atoms with Crippen LogP contribution in [0.3, 0.4) is 0 Å². The van der Waals surface area contributed by atoms with Crippen molar-refractivity contribution in [3.05, 3.63) is 54.4 Å². The summed E-state index contributed by atoms with van der Waals surface area (Å²) in [5.74, 6) is 1.44. The van der Waals surface area contributed by atoms with E-state index in [0.29, 0.717) is 25.3 Å². The van der Waals surface area contributed by atoms with Gasteiger partial charge < -0.3 is 19.5 Å². The molecule has 1 fully saturated rings. The van der Waals surface area contributed by atoms with Gasteiger partial charge >= 0.3 is 0 Å². The Kier molecular flexibility index (Phi) is 5.46. The van der Waals surface area contributed by atoms with Gasteiger partial charge in [0.05, 0.1) is 11.0 Å². The number of aromatic nitrogens is 2. The molecule has 0 radical (unpaired) electrons. The number of hydrogen-bond donors (Lipinski definition) is 1. The largest absolute Gasteiger partial charge is 0.484 e. The molecule has 0 spiro atoms. The number of anilines is 1. The lowest BCUT2D eigenvalue weighted by atomic mass is 10.3. The maximum atomic E-state index is 12.2. The van der Waals surface area contributed by atoms with E-state index in [-0.39, 0.29) is 18.4 Å². The first kappa shape index (κ1) is 19.0. The van der Waals surface area contributed by atoms with Crippen molar-refractivity contribution in [1.82, 2.24) is 14.9 Å². The highest BCUT2D eigenvalue weighted by Crippen LogP contribution is 2.25. The van der Waals surface area contributed by atoms with Gasteiger partial charge in [-0.3, -0.25) is 9.59 Å². The number of hydrogen-bond acceptors (Lipinski definition) is 4. The average molecular weight is 392 g/mol. The number of amides is 2. The first-order valence-corrected chi connectivity index (χ1v) is 9.83. The standard InChI is InChI=1S/C22H24N4O3/c1-16-24-19-8-2-3-9-20(19)25(16)13-11-23-21(27)15-29-18-7-4-6-17(14-18)26-12-5-10-22(26)28/h2-4,6-9,14H,5,10-13,15H2,1H3,(H,23,27). The molecule has 29 heavy (non-hydrogen) atoms. The van der Waals surface area contributed by atoms with Gasteiger partial charge in [0.25, 0.3) is 5.91 Å². The fraction of sp³-hybridized carbons (Fsp3) is 0.318. The van der Waals surface area contributed by atoms with Crippen LogP contribution in [0.5, 0.6) is 5.75 Å². The van der Waals surface area contributed by atoms with E-state index < -0.39 is 0 Å². The van der Waals surface area contributed by atoms with E-state index in [1.807, 2.05) is 43.3 Å². The van der Waals surface area contributed by atoms with Crippen molar-refractivity contribution in [2.75, 3.05) is 24.6 Å². The summed E-state index contributed by atoms with van der Waals surface area (Å²) in [5, 5.41) is 2.88. The number of carbonyl (C=O) groups is 2. The number of benzene rings is 2. The molecule has 7 heteroatoms. The highest BCUT2D eigenvalue weighted by atomic mass is 16.5. The molecule has 0 bridgehead atoms. The number of rotatable bonds is 7. The first-order chi connectivity index (χ1) is 14.1. The summed E-state index contributed by atoms with van der Waals surface area (Å²) in [6.45, 7) is 3.76. The number of fused-ring (bicyclic) bond motifs is 1. The minimum Gasteiger partial charge on any atom is -0.484 e. The van der Waals surface area contributed by atoms with Crippen LogP contribution in [0.4, 0.5) is 5.69 Å². The minimum absolute atomic E-state index is 0.0684. The van der Waals surface area contributed by atoms with Crippen molar-refractivity contribution in [1.29, 1.82) is 0 Å². The van der Waals surface area contributed by atoms with Gasteiger partial charge in [-0.25, -0.2) is 4.98 Å². The molecule has 2 heterocycles. The highest BCUT2D eigenvalue weighted by molar-refractivity contribution is 5.95. The number of nitrogens with one attached hydrogen (secondary N) is 1. The van der Waals surface area contributed by atoms with Crippen LogP contribution in [-0.2, 0) is 16.1 Å². The van der Waals surface area contributed by atoms with Crippen LogP contribution in [-0.4, -0.2) is 41.1 Å². The molecule has 0 saturated carbocycles. The van der Waals surface area contributed by atoms with E-state index in [1.54, 1.807) is 17.0 Å². The summed E-state index contributed by atoms with van der Waals surface area (Å²) in [6, 6.07) is 15.3. The Bertz CT molecular complexity index is 1040. The summed E-state index contributed by atoms with van der Waals surface area (Å²) >= 11 is 0. The molecule has 1 aliphatic rings. The van der Waals surface area contributed by atoms with E-state index >= 15 is 0 Å². The average Bonchev–Trinajstić information content (AvgIpc) is 3.29. The van der Waals surface area contributed by atoms with Gasteiger partial charge in [-0.05, 0) is 37.6 Å². The number of ether oxygens (including phenoxy) is 1. The van der Waals surface area contributed by atoms with Crippen LogP contribution < -0.4 is 15.0 Å². The topological polar surface area (TPSA) is 76.5 Å². The third-order valence-corrected chi connectivity index (χ3v) is 5.08. The Morgan fingerprint density at radius 1 is 1.21 bits per heavy atom. The number of imidazole rings is 1. The Morgan fingerprint density at radius 3 is 2.90 bits per heavy atom. The lowest BCUT2D eigenvalue weighted by molar-refractivity contribution is -0.123. The molecular formula is C22H24N4O3. The van der Waals surface area contributed by atoms with Crippen LogP contribution in [0.2, 0.25) is 0 Å². The predicted octanol–water partition coefficient (Wildman–Crippen LogP) is 2.67. The molecule has 0 aliphatic carbocycles. The Hall–Kier alpha value is -3.35. The summed E-state index contributed by atoms with van der Waals surface area (Å²) in [7, 11) is 0. The second-order valence-corrected chi connectivity index (χ2v) is 7.08. The monoisotopic (exact) mass is 392 g/mol. The minimum atomic E-state index is -0.185. The van der Waals surface area contributed by atoms with E-state index in [4.69, 9.17) is 4.74 Å². The third kappa shape index (κ3) is 4.23. The number of para-hydroxylation sites is 2. The molecule has 1 N–H and O–H groups in total. The van der Waals surface area contributed by atoms with E-state index in [2.05, 4.69) is 14.9 Å². The van der Waals surface area contributed by atoms with Crippen LogP contribution in [0, 0.1) is 6.92 Å². The molecule has 1 aromatic heterocycles. The summed E-state index contributed by atoms with van der Waals surface area (Å²) in [5.41, 5.74) is 2.83. The molecular weight excluding hydrogens is 368 g/mol. The molecule has 150 valence electrons. The molecule has 0 unspecified atom stereocenters. The molecule has 7 nitrogen and oxygen atoms in total.